The molecule has 1 heterocycles. The Balaban J connectivity index is 2.69. The van der Waals surface area contributed by atoms with Crippen molar-refractivity contribution in [3.63, 3.8) is 0 Å². The van der Waals surface area contributed by atoms with E-state index >= 15 is 0 Å². The smallest absolute Gasteiger partial charge is 0.226 e. The monoisotopic (exact) mass is 199 g/mol. The van der Waals surface area contributed by atoms with Crippen LogP contribution >= 0.6 is 0 Å². The Kier molecular flexibility index (Phi) is 2.42. The minimum Gasteiger partial charge on any atom is -0.618 e. The summed E-state index contributed by atoms with van der Waals surface area (Å²) in [5.41, 5.74) is 3.87. The lowest BCUT2D eigenvalue weighted by Crippen LogP contribution is -2.29. The summed E-state index contributed by atoms with van der Waals surface area (Å²) >= 11 is 0. The molecule has 0 amide bonds. The summed E-state index contributed by atoms with van der Waals surface area (Å²) in [6.07, 6.45) is 1.54. The summed E-state index contributed by atoms with van der Waals surface area (Å²) in [5.74, 6) is 0. The molecule has 0 aliphatic carbocycles. The topological polar surface area (TPSA) is 26.9 Å². The summed E-state index contributed by atoms with van der Waals surface area (Å²) in [4.78, 5) is 0. The molecule has 2 aromatic rings. The number of aromatic nitrogens is 1. The highest BCUT2D eigenvalue weighted by Gasteiger charge is 2.13. The maximum absolute atomic E-state index is 11.7. The first-order valence-corrected chi connectivity index (χ1v) is 4.95. The van der Waals surface area contributed by atoms with Crippen molar-refractivity contribution in [1.82, 2.24) is 0 Å². The van der Waals surface area contributed by atoms with Gasteiger partial charge in [-0.3, -0.25) is 0 Å². The lowest BCUT2D eigenvalue weighted by Gasteiger charge is -2.08. The molecule has 0 aliphatic heterocycles. The van der Waals surface area contributed by atoms with E-state index in [1.165, 1.54) is 6.20 Å². The minimum atomic E-state index is 0.746. The van der Waals surface area contributed by atoms with Gasteiger partial charge in [0, 0.05) is 11.6 Å². The second-order valence-electron chi connectivity index (χ2n) is 3.68. The number of benzene rings is 1. The summed E-state index contributed by atoms with van der Waals surface area (Å²) in [7, 11) is 0. The zero-order valence-corrected chi connectivity index (χ0v) is 8.90. The molecule has 2 rings (SSSR count). The molecular formula is C13H13NO. The van der Waals surface area contributed by atoms with Crippen LogP contribution in [0.3, 0.4) is 0 Å². The second kappa shape index (κ2) is 3.73. The van der Waals surface area contributed by atoms with Crippen LogP contribution in [0.4, 0.5) is 0 Å². The number of nitrogens with zero attached hydrogens (tertiary/aromatic N) is 1. The number of hydrogen-bond acceptors (Lipinski definition) is 1. The van der Waals surface area contributed by atoms with Gasteiger partial charge in [0.25, 0.3) is 0 Å². The van der Waals surface area contributed by atoms with Crippen LogP contribution in [0.5, 0.6) is 0 Å². The van der Waals surface area contributed by atoms with Crippen LogP contribution in [0.15, 0.2) is 42.6 Å². The average molecular weight is 199 g/mol. The highest BCUT2D eigenvalue weighted by Crippen LogP contribution is 2.22. The van der Waals surface area contributed by atoms with Gasteiger partial charge in [0.15, 0.2) is 6.20 Å². The molecule has 76 valence electrons. The van der Waals surface area contributed by atoms with Crippen molar-refractivity contribution < 1.29 is 4.73 Å². The van der Waals surface area contributed by atoms with Crippen molar-refractivity contribution in [3.8, 4) is 11.3 Å². The molecule has 1 aromatic carbocycles. The van der Waals surface area contributed by atoms with Crippen LogP contribution in [-0.4, -0.2) is 0 Å². The fourth-order valence-electron chi connectivity index (χ4n) is 1.76. The number of pyridine rings is 1. The Hall–Kier alpha value is -1.83. The first-order valence-electron chi connectivity index (χ1n) is 4.95. The number of rotatable bonds is 1. The second-order valence-corrected chi connectivity index (χ2v) is 3.68. The molecule has 0 saturated carbocycles. The molecule has 0 fully saturated rings. The molecule has 2 heteroatoms. The fraction of sp³-hybridized carbons (Fsp3) is 0.154. The van der Waals surface area contributed by atoms with Gasteiger partial charge < -0.3 is 5.21 Å². The Labute approximate surface area is 89.4 Å². The number of hydrogen-bond donors (Lipinski definition) is 0. The van der Waals surface area contributed by atoms with Gasteiger partial charge in [-0.15, -0.1) is 0 Å². The summed E-state index contributed by atoms with van der Waals surface area (Å²) in [5, 5.41) is 11.7. The van der Waals surface area contributed by atoms with E-state index in [9.17, 15) is 5.21 Å². The van der Waals surface area contributed by atoms with Crippen molar-refractivity contribution in [2.24, 2.45) is 0 Å². The first kappa shape index (κ1) is 9.71. The van der Waals surface area contributed by atoms with Gasteiger partial charge in [-0.05, 0) is 31.5 Å². The van der Waals surface area contributed by atoms with Crippen LogP contribution in [0.2, 0.25) is 0 Å². The molecule has 0 unspecified atom stereocenters. The fourth-order valence-corrected chi connectivity index (χ4v) is 1.76. The Morgan fingerprint density at radius 1 is 0.933 bits per heavy atom. The van der Waals surface area contributed by atoms with Crippen LogP contribution in [0, 0.1) is 19.1 Å². The van der Waals surface area contributed by atoms with E-state index in [-0.39, 0.29) is 0 Å². The van der Waals surface area contributed by atoms with E-state index < -0.39 is 0 Å². The third kappa shape index (κ3) is 1.71. The molecule has 0 atom stereocenters. The maximum Gasteiger partial charge on any atom is 0.226 e. The summed E-state index contributed by atoms with van der Waals surface area (Å²) in [6, 6.07) is 11.6. The van der Waals surface area contributed by atoms with Crippen molar-refractivity contribution in [3.05, 3.63) is 58.9 Å². The van der Waals surface area contributed by atoms with E-state index in [0.717, 1.165) is 27.1 Å². The molecule has 2 nitrogen and oxygen atoms in total. The summed E-state index contributed by atoms with van der Waals surface area (Å²) in [6.45, 7) is 3.97. The third-order valence-corrected chi connectivity index (χ3v) is 2.56. The molecular weight excluding hydrogens is 186 g/mol. The molecule has 0 aliphatic rings. The Morgan fingerprint density at radius 2 is 1.60 bits per heavy atom. The van der Waals surface area contributed by atoms with E-state index in [4.69, 9.17) is 0 Å². The largest absolute Gasteiger partial charge is 0.618 e. The molecule has 0 bridgehead atoms. The van der Waals surface area contributed by atoms with Gasteiger partial charge in [-0.25, -0.2) is 0 Å². The van der Waals surface area contributed by atoms with Gasteiger partial charge in [-0.1, -0.05) is 18.2 Å². The molecule has 0 N–H and O–H groups in total. The Bertz CT molecular complexity index is 471. The average Bonchev–Trinajstić information content (AvgIpc) is 2.20. The number of aryl methyl sites for hydroxylation is 2. The van der Waals surface area contributed by atoms with Crippen molar-refractivity contribution in [2.45, 2.75) is 13.8 Å². The lowest BCUT2D eigenvalue weighted by molar-refractivity contribution is -0.594. The van der Waals surface area contributed by atoms with Gasteiger partial charge in [-0.2, -0.15) is 4.73 Å². The standard InChI is InChI=1S/C13H13NO/c1-10-6-3-4-8-12(10)13-11(2)7-5-9-14(13)15/h3-9H,1-2H3. The van der Waals surface area contributed by atoms with Crippen LogP contribution in [-0.2, 0) is 0 Å². The van der Waals surface area contributed by atoms with Crippen LogP contribution in [0.1, 0.15) is 11.1 Å². The molecule has 0 spiro atoms. The highest BCUT2D eigenvalue weighted by atomic mass is 16.5. The molecule has 0 saturated heterocycles. The highest BCUT2D eigenvalue weighted by molar-refractivity contribution is 5.63. The zero-order chi connectivity index (χ0) is 10.8. The van der Waals surface area contributed by atoms with E-state index in [1.807, 2.05) is 44.2 Å². The third-order valence-electron chi connectivity index (χ3n) is 2.56. The van der Waals surface area contributed by atoms with Crippen molar-refractivity contribution in [2.75, 3.05) is 0 Å². The summed E-state index contributed by atoms with van der Waals surface area (Å²) < 4.78 is 0.928. The molecule has 15 heavy (non-hydrogen) atoms. The van der Waals surface area contributed by atoms with Gasteiger partial charge in [0.2, 0.25) is 5.69 Å². The van der Waals surface area contributed by atoms with Gasteiger partial charge in [0.05, 0.1) is 5.56 Å². The lowest BCUT2D eigenvalue weighted by atomic mass is 10.0. The first-order chi connectivity index (χ1) is 7.20. The maximum atomic E-state index is 11.7. The molecule has 1 aromatic heterocycles. The molecule has 0 radical (unpaired) electrons. The van der Waals surface area contributed by atoms with E-state index in [1.54, 1.807) is 6.07 Å². The predicted molar refractivity (Wildman–Crippen MR) is 60.3 cm³/mol. The Morgan fingerprint density at radius 3 is 2.27 bits per heavy atom. The SMILES string of the molecule is Cc1ccccc1-c1c(C)ccc[n+]1[O-]. The van der Waals surface area contributed by atoms with Gasteiger partial charge >= 0.3 is 0 Å². The van der Waals surface area contributed by atoms with Crippen LogP contribution in [0.25, 0.3) is 11.3 Å². The minimum absolute atomic E-state index is 0.746. The van der Waals surface area contributed by atoms with Crippen LogP contribution < -0.4 is 4.73 Å². The van der Waals surface area contributed by atoms with E-state index in [0.29, 0.717) is 0 Å². The zero-order valence-electron chi connectivity index (χ0n) is 8.90. The van der Waals surface area contributed by atoms with Gasteiger partial charge in [0.1, 0.15) is 0 Å². The predicted octanol–water partition coefficient (Wildman–Crippen LogP) is 2.60. The quantitative estimate of drug-likeness (QED) is 0.512. The van der Waals surface area contributed by atoms with E-state index in [2.05, 4.69) is 0 Å². The van der Waals surface area contributed by atoms with Crippen molar-refractivity contribution >= 4 is 0 Å². The normalized spacial score (nSPS) is 10.3. The van der Waals surface area contributed by atoms with Crippen molar-refractivity contribution in [1.29, 1.82) is 0 Å².